The molecular formula is C6H8FNO. The van der Waals surface area contributed by atoms with Crippen LogP contribution in [0.15, 0.2) is 12.3 Å². The Hall–Kier alpha value is -1.04. The maximum atomic E-state index is 12.2. The maximum Gasteiger partial charge on any atom is 0.133 e. The molecule has 0 saturated heterocycles. The van der Waals surface area contributed by atoms with Crippen molar-refractivity contribution in [3.05, 3.63) is 12.3 Å². The molecule has 50 valence electrons. The molecule has 2 unspecified atom stereocenters. The van der Waals surface area contributed by atoms with Crippen LogP contribution in [-0.2, 0) is 0 Å². The highest BCUT2D eigenvalue weighted by Crippen LogP contribution is 2.12. The SMILES string of the molecule is C=C(O)C(C#N)C(C)F. The van der Waals surface area contributed by atoms with Crippen molar-refractivity contribution in [3.8, 4) is 6.07 Å². The average molecular weight is 129 g/mol. The minimum atomic E-state index is -1.35. The van der Waals surface area contributed by atoms with E-state index in [0.29, 0.717) is 0 Å². The fourth-order valence-corrected chi connectivity index (χ4v) is 0.442. The summed E-state index contributed by atoms with van der Waals surface area (Å²) in [6, 6.07) is 1.58. The first-order valence-corrected chi connectivity index (χ1v) is 2.51. The molecule has 9 heavy (non-hydrogen) atoms. The Kier molecular flexibility index (Phi) is 2.72. The zero-order valence-electron chi connectivity index (χ0n) is 5.13. The van der Waals surface area contributed by atoms with E-state index in [9.17, 15) is 4.39 Å². The van der Waals surface area contributed by atoms with Crippen molar-refractivity contribution < 1.29 is 9.50 Å². The molecular weight excluding hydrogens is 121 g/mol. The summed E-state index contributed by atoms with van der Waals surface area (Å²) in [5.74, 6) is -1.49. The van der Waals surface area contributed by atoms with Gasteiger partial charge in [0, 0.05) is 0 Å². The normalized spacial score (nSPS) is 15.7. The highest BCUT2D eigenvalue weighted by atomic mass is 19.1. The third kappa shape index (κ3) is 2.13. The van der Waals surface area contributed by atoms with Crippen molar-refractivity contribution in [3.63, 3.8) is 0 Å². The summed E-state index contributed by atoms with van der Waals surface area (Å²) in [7, 11) is 0. The summed E-state index contributed by atoms with van der Waals surface area (Å²) < 4.78 is 12.2. The van der Waals surface area contributed by atoms with Gasteiger partial charge in [0.1, 0.15) is 17.8 Å². The van der Waals surface area contributed by atoms with Gasteiger partial charge in [0.2, 0.25) is 0 Å². The van der Waals surface area contributed by atoms with Gasteiger partial charge in [-0.25, -0.2) is 4.39 Å². The zero-order valence-corrected chi connectivity index (χ0v) is 5.13. The highest BCUT2D eigenvalue weighted by Gasteiger charge is 2.17. The second-order valence-corrected chi connectivity index (χ2v) is 1.78. The molecule has 0 radical (unpaired) electrons. The van der Waals surface area contributed by atoms with E-state index in [1.165, 1.54) is 6.92 Å². The van der Waals surface area contributed by atoms with Crippen LogP contribution in [0.5, 0.6) is 0 Å². The van der Waals surface area contributed by atoms with E-state index in [4.69, 9.17) is 10.4 Å². The first-order valence-electron chi connectivity index (χ1n) is 2.51. The van der Waals surface area contributed by atoms with Crippen LogP contribution in [-0.4, -0.2) is 11.3 Å². The van der Waals surface area contributed by atoms with Crippen LogP contribution in [0.1, 0.15) is 6.92 Å². The zero-order chi connectivity index (χ0) is 7.44. The molecule has 0 fully saturated rings. The van der Waals surface area contributed by atoms with E-state index in [2.05, 4.69) is 6.58 Å². The summed E-state index contributed by atoms with van der Waals surface area (Å²) in [6.07, 6.45) is -1.35. The Bertz CT molecular complexity index is 148. The number of aliphatic hydroxyl groups excluding tert-OH is 1. The number of allylic oxidation sites excluding steroid dienone is 1. The lowest BCUT2D eigenvalue weighted by molar-refractivity contribution is 0.253. The summed E-state index contributed by atoms with van der Waals surface area (Å²) >= 11 is 0. The van der Waals surface area contributed by atoms with Crippen LogP contribution >= 0.6 is 0 Å². The minimum absolute atomic E-state index is 0.410. The minimum Gasteiger partial charge on any atom is -0.511 e. The van der Waals surface area contributed by atoms with Crippen LogP contribution in [0.3, 0.4) is 0 Å². The van der Waals surface area contributed by atoms with Gasteiger partial charge in [-0.3, -0.25) is 0 Å². The van der Waals surface area contributed by atoms with Crippen molar-refractivity contribution in [2.45, 2.75) is 13.1 Å². The summed E-state index contributed by atoms with van der Waals surface area (Å²) in [4.78, 5) is 0. The van der Waals surface area contributed by atoms with Gasteiger partial charge in [-0.1, -0.05) is 6.58 Å². The third-order valence-corrected chi connectivity index (χ3v) is 0.957. The van der Waals surface area contributed by atoms with E-state index >= 15 is 0 Å². The summed E-state index contributed by atoms with van der Waals surface area (Å²) in [5.41, 5.74) is 0. The van der Waals surface area contributed by atoms with Gasteiger partial charge >= 0.3 is 0 Å². The average Bonchev–Trinajstić information content (AvgIpc) is 1.64. The van der Waals surface area contributed by atoms with Crippen LogP contribution < -0.4 is 0 Å². The molecule has 3 heteroatoms. The Morgan fingerprint density at radius 3 is 2.33 bits per heavy atom. The number of halogens is 1. The molecule has 0 aromatic rings. The molecule has 0 aliphatic carbocycles. The second kappa shape index (κ2) is 3.08. The van der Waals surface area contributed by atoms with Crippen molar-refractivity contribution in [1.82, 2.24) is 0 Å². The Balaban J connectivity index is 4.04. The lowest BCUT2D eigenvalue weighted by atomic mass is 10.1. The number of alkyl halides is 1. The van der Waals surface area contributed by atoms with Crippen LogP contribution in [0.2, 0.25) is 0 Å². The van der Waals surface area contributed by atoms with Gasteiger partial charge in [-0.05, 0) is 6.92 Å². The molecule has 0 aliphatic heterocycles. The molecule has 0 amide bonds. The van der Waals surface area contributed by atoms with E-state index in [-0.39, 0.29) is 0 Å². The van der Waals surface area contributed by atoms with Gasteiger partial charge in [0.05, 0.1) is 6.07 Å². The van der Waals surface area contributed by atoms with Gasteiger partial charge in [0.15, 0.2) is 0 Å². The summed E-state index contributed by atoms with van der Waals surface area (Å²) in [5, 5.41) is 16.7. The Morgan fingerprint density at radius 1 is 1.89 bits per heavy atom. The number of nitriles is 1. The molecule has 0 heterocycles. The monoisotopic (exact) mass is 129 g/mol. The third-order valence-electron chi connectivity index (χ3n) is 0.957. The largest absolute Gasteiger partial charge is 0.511 e. The van der Waals surface area contributed by atoms with Crippen LogP contribution in [0.25, 0.3) is 0 Å². The fraction of sp³-hybridized carbons (Fsp3) is 0.500. The van der Waals surface area contributed by atoms with Crippen molar-refractivity contribution in [1.29, 1.82) is 5.26 Å². The van der Waals surface area contributed by atoms with Crippen molar-refractivity contribution >= 4 is 0 Å². The van der Waals surface area contributed by atoms with E-state index in [0.717, 1.165) is 0 Å². The van der Waals surface area contributed by atoms with Gasteiger partial charge in [-0.2, -0.15) is 5.26 Å². The number of hydrogen-bond donors (Lipinski definition) is 1. The highest BCUT2D eigenvalue weighted by molar-refractivity contribution is 5.04. The molecule has 0 aliphatic rings. The quantitative estimate of drug-likeness (QED) is 0.575. The molecule has 1 N–H and O–H groups in total. The Labute approximate surface area is 53.2 Å². The van der Waals surface area contributed by atoms with Crippen LogP contribution in [0, 0.1) is 17.2 Å². The van der Waals surface area contributed by atoms with E-state index in [1.807, 2.05) is 0 Å². The smallest absolute Gasteiger partial charge is 0.133 e. The van der Waals surface area contributed by atoms with E-state index < -0.39 is 17.8 Å². The second-order valence-electron chi connectivity index (χ2n) is 1.78. The van der Waals surface area contributed by atoms with Crippen LogP contribution in [0.4, 0.5) is 4.39 Å². The molecule has 0 aromatic carbocycles. The van der Waals surface area contributed by atoms with Crippen molar-refractivity contribution in [2.75, 3.05) is 0 Å². The molecule has 2 nitrogen and oxygen atoms in total. The predicted molar refractivity (Wildman–Crippen MR) is 31.4 cm³/mol. The lowest BCUT2D eigenvalue weighted by Gasteiger charge is -2.05. The predicted octanol–water partition coefficient (Wildman–Crippen LogP) is 1.56. The molecule has 0 saturated carbocycles. The first-order chi connectivity index (χ1) is 4.09. The molecule has 0 rings (SSSR count). The van der Waals surface area contributed by atoms with Crippen molar-refractivity contribution in [2.24, 2.45) is 5.92 Å². The fourth-order valence-electron chi connectivity index (χ4n) is 0.442. The van der Waals surface area contributed by atoms with Gasteiger partial charge in [0.25, 0.3) is 0 Å². The number of hydrogen-bond acceptors (Lipinski definition) is 2. The molecule has 2 atom stereocenters. The first kappa shape index (κ1) is 7.96. The van der Waals surface area contributed by atoms with Gasteiger partial charge in [-0.15, -0.1) is 0 Å². The maximum absolute atomic E-state index is 12.2. The summed E-state index contributed by atoms with van der Waals surface area (Å²) in [6.45, 7) is 4.24. The molecule has 0 spiro atoms. The molecule has 0 aromatic heterocycles. The molecule has 0 bridgehead atoms. The van der Waals surface area contributed by atoms with Gasteiger partial charge < -0.3 is 5.11 Å². The number of nitrogens with zero attached hydrogens (tertiary/aromatic N) is 1. The number of aliphatic hydroxyl groups is 1. The van der Waals surface area contributed by atoms with E-state index in [1.54, 1.807) is 6.07 Å². The Morgan fingerprint density at radius 2 is 2.33 bits per heavy atom. The topological polar surface area (TPSA) is 44.0 Å². The number of rotatable bonds is 2. The lowest BCUT2D eigenvalue weighted by Crippen LogP contribution is -2.11. The standard InChI is InChI=1S/C6H8FNO/c1-4(7)6(3-8)5(2)9/h4,6,9H,2H2,1H3.